The molecule has 1 aromatic carbocycles. The van der Waals surface area contributed by atoms with E-state index in [-0.39, 0.29) is 17.7 Å². The number of aromatic hydroxyl groups is 1. The number of phenolic OH excluding ortho intramolecular Hbond substituents is 1. The third-order valence-corrected chi connectivity index (χ3v) is 1.46. The monoisotopic (exact) mass is 192 g/mol. The Morgan fingerprint density at radius 3 is 2.36 bits per heavy atom. The average Bonchev–Trinajstić information content (AvgIpc) is 2.16. The second-order valence-corrected chi connectivity index (χ2v) is 2.50. The van der Waals surface area contributed by atoms with Gasteiger partial charge in [0.1, 0.15) is 5.75 Å². The molecule has 72 valence electrons. The average molecular weight is 192 g/mol. The molecule has 0 saturated carbocycles. The predicted octanol–water partition coefficient (Wildman–Crippen LogP) is 0.149. The zero-order valence-electron chi connectivity index (χ0n) is 7.18. The summed E-state index contributed by atoms with van der Waals surface area (Å²) in [5, 5.41) is 8.95. The summed E-state index contributed by atoms with van der Waals surface area (Å²) in [4.78, 5) is 24.6. The molecule has 0 saturated heterocycles. The summed E-state index contributed by atoms with van der Waals surface area (Å²) >= 11 is 0. The molecular weight excluding hydrogens is 184 g/mol. The molecule has 0 fully saturated rings. The van der Waals surface area contributed by atoms with Crippen LogP contribution in [0.3, 0.4) is 0 Å². The van der Waals surface area contributed by atoms with Crippen LogP contribution >= 0.6 is 0 Å². The number of rotatable bonds is 3. The van der Waals surface area contributed by atoms with Crippen LogP contribution in [0, 0.1) is 0 Å². The molecule has 5 heteroatoms. The lowest BCUT2D eigenvalue weighted by Gasteiger charge is -1.95. The number of amides is 1. The molecule has 0 aliphatic rings. The van der Waals surface area contributed by atoms with E-state index in [0.717, 1.165) is 0 Å². The molecular formula is C9H8N2O3. The van der Waals surface area contributed by atoms with Gasteiger partial charge in [-0.2, -0.15) is 0 Å². The Kier molecular flexibility index (Phi) is 2.96. The molecule has 14 heavy (non-hydrogen) atoms. The molecule has 0 aliphatic carbocycles. The summed E-state index contributed by atoms with van der Waals surface area (Å²) in [7, 11) is 0. The van der Waals surface area contributed by atoms with Crippen LogP contribution in [-0.4, -0.2) is 23.0 Å². The van der Waals surface area contributed by atoms with Gasteiger partial charge in [-0.05, 0) is 24.3 Å². The normalized spacial score (nSPS) is 11.0. The number of nitrogens with zero attached hydrogens (tertiary/aromatic N) is 1. The van der Waals surface area contributed by atoms with E-state index >= 15 is 0 Å². The molecule has 0 unspecified atom stereocenters. The van der Waals surface area contributed by atoms with Gasteiger partial charge in [0.05, 0.1) is 5.69 Å². The van der Waals surface area contributed by atoms with Crippen LogP contribution in [0.5, 0.6) is 5.75 Å². The summed E-state index contributed by atoms with van der Waals surface area (Å²) in [6, 6.07) is 5.70. The highest BCUT2D eigenvalue weighted by atomic mass is 16.3. The number of aliphatic imine (C=N–C) groups is 1. The van der Waals surface area contributed by atoms with Crippen LogP contribution in [-0.2, 0) is 9.59 Å². The minimum absolute atomic E-state index is 0.0793. The first-order chi connectivity index (χ1) is 6.63. The SMILES string of the molecule is NC(=O)C(C=O)=Nc1ccc(O)cc1. The van der Waals surface area contributed by atoms with Crippen molar-refractivity contribution in [3.8, 4) is 5.75 Å². The fraction of sp³-hybridized carbons (Fsp3) is 0. The standard InChI is InChI=1S/C9H8N2O3/c10-9(14)8(5-12)11-6-1-3-7(13)4-2-6/h1-5,13H,(H2,10,14). The lowest BCUT2D eigenvalue weighted by molar-refractivity contribution is -0.113. The van der Waals surface area contributed by atoms with Gasteiger partial charge in [-0.25, -0.2) is 4.99 Å². The van der Waals surface area contributed by atoms with Gasteiger partial charge in [0.25, 0.3) is 5.91 Å². The first kappa shape index (κ1) is 9.91. The van der Waals surface area contributed by atoms with Crippen LogP contribution in [0.2, 0.25) is 0 Å². The zero-order valence-corrected chi connectivity index (χ0v) is 7.18. The molecule has 1 aromatic rings. The molecule has 0 spiro atoms. The number of carbonyl (C=O) groups excluding carboxylic acids is 2. The maximum absolute atomic E-state index is 10.6. The maximum atomic E-state index is 10.6. The van der Waals surface area contributed by atoms with Crippen LogP contribution < -0.4 is 5.73 Å². The number of hydrogen-bond donors (Lipinski definition) is 2. The topological polar surface area (TPSA) is 92.8 Å². The van der Waals surface area contributed by atoms with E-state index in [0.29, 0.717) is 5.69 Å². The van der Waals surface area contributed by atoms with Crippen LogP contribution in [0.4, 0.5) is 5.69 Å². The molecule has 0 bridgehead atoms. The third-order valence-electron chi connectivity index (χ3n) is 1.46. The van der Waals surface area contributed by atoms with E-state index < -0.39 is 5.91 Å². The molecule has 0 atom stereocenters. The quantitative estimate of drug-likeness (QED) is 0.405. The highest BCUT2D eigenvalue weighted by Crippen LogP contribution is 2.16. The molecule has 5 nitrogen and oxygen atoms in total. The summed E-state index contributed by atoms with van der Waals surface area (Å²) < 4.78 is 0. The van der Waals surface area contributed by atoms with E-state index in [1.165, 1.54) is 24.3 Å². The van der Waals surface area contributed by atoms with Crippen molar-refractivity contribution in [3.05, 3.63) is 24.3 Å². The Hall–Kier alpha value is -2.17. The Bertz CT molecular complexity index is 382. The minimum Gasteiger partial charge on any atom is -0.508 e. The fourth-order valence-corrected chi connectivity index (χ4v) is 0.806. The number of aldehydes is 1. The Morgan fingerprint density at radius 2 is 1.93 bits per heavy atom. The van der Waals surface area contributed by atoms with Crippen LogP contribution in [0.15, 0.2) is 29.3 Å². The van der Waals surface area contributed by atoms with Crippen molar-refractivity contribution in [2.75, 3.05) is 0 Å². The highest BCUT2D eigenvalue weighted by Gasteiger charge is 2.04. The maximum Gasteiger partial charge on any atom is 0.270 e. The molecule has 0 heterocycles. The highest BCUT2D eigenvalue weighted by molar-refractivity contribution is 6.59. The Balaban J connectivity index is 3.01. The lowest BCUT2D eigenvalue weighted by Crippen LogP contribution is -2.23. The van der Waals surface area contributed by atoms with Crippen LogP contribution in [0.25, 0.3) is 0 Å². The fourth-order valence-electron chi connectivity index (χ4n) is 0.806. The van der Waals surface area contributed by atoms with E-state index in [1.807, 2.05) is 0 Å². The van der Waals surface area contributed by atoms with E-state index in [2.05, 4.69) is 4.99 Å². The molecule has 1 amide bonds. The van der Waals surface area contributed by atoms with Gasteiger partial charge in [-0.1, -0.05) is 0 Å². The predicted molar refractivity (Wildman–Crippen MR) is 50.5 cm³/mol. The summed E-state index contributed by atoms with van der Waals surface area (Å²) in [5.41, 5.74) is 4.90. The molecule has 1 rings (SSSR count). The number of benzene rings is 1. The van der Waals surface area contributed by atoms with Gasteiger partial charge in [0, 0.05) is 0 Å². The summed E-state index contributed by atoms with van der Waals surface area (Å²) in [6.45, 7) is 0. The van der Waals surface area contributed by atoms with Gasteiger partial charge >= 0.3 is 0 Å². The first-order valence-corrected chi connectivity index (χ1v) is 3.76. The zero-order chi connectivity index (χ0) is 10.6. The number of nitrogens with two attached hydrogens (primary N) is 1. The third kappa shape index (κ3) is 2.41. The molecule has 0 radical (unpaired) electrons. The van der Waals surface area contributed by atoms with E-state index in [9.17, 15) is 9.59 Å². The first-order valence-electron chi connectivity index (χ1n) is 3.76. The van der Waals surface area contributed by atoms with Gasteiger partial charge in [0.15, 0.2) is 12.0 Å². The van der Waals surface area contributed by atoms with Crippen molar-refractivity contribution in [3.63, 3.8) is 0 Å². The van der Waals surface area contributed by atoms with Gasteiger partial charge in [-0.3, -0.25) is 9.59 Å². The van der Waals surface area contributed by atoms with Crippen molar-refractivity contribution in [2.45, 2.75) is 0 Å². The number of hydrogen-bond acceptors (Lipinski definition) is 4. The Labute approximate surface area is 79.9 Å². The van der Waals surface area contributed by atoms with Crippen molar-refractivity contribution in [2.24, 2.45) is 10.7 Å². The smallest absolute Gasteiger partial charge is 0.270 e. The lowest BCUT2D eigenvalue weighted by atomic mass is 10.3. The van der Waals surface area contributed by atoms with Crippen LogP contribution in [0.1, 0.15) is 0 Å². The second-order valence-electron chi connectivity index (χ2n) is 2.50. The van der Waals surface area contributed by atoms with E-state index in [1.54, 1.807) is 0 Å². The molecule has 0 aliphatic heterocycles. The number of phenols is 1. The number of carbonyl (C=O) groups is 2. The van der Waals surface area contributed by atoms with Crippen molar-refractivity contribution in [1.82, 2.24) is 0 Å². The van der Waals surface area contributed by atoms with E-state index in [4.69, 9.17) is 10.8 Å². The number of primary amides is 1. The van der Waals surface area contributed by atoms with Gasteiger partial charge in [0.2, 0.25) is 0 Å². The van der Waals surface area contributed by atoms with Crippen molar-refractivity contribution in [1.29, 1.82) is 0 Å². The molecule has 0 aromatic heterocycles. The van der Waals surface area contributed by atoms with Gasteiger partial charge in [-0.15, -0.1) is 0 Å². The Morgan fingerprint density at radius 1 is 1.36 bits per heavy atom. The van der Waals surface area contributed by atoms with Crippen molar-refractivity contribution >= 4 is 23.6 Å². The largest absolute Gasteiger partial charge is 0.508 e. The summed E-state index contributed by atoms with van der Waals surface area (Å²) in [5.74, 6) is -0.802. The van der Waals surface area contributed by atoms with Gasteiger partial charge < -0.3 is 10.8 Å². The molecule has 3 N–H and O–H groups in total. The second kappa shape index (κ2) is 4.18. The summed E-state index contributed by atoms with van der Waals surface area (Å²) in [6.07, 6.45) is 0.287. The minimum atomic E-state index is -0.881. The van der Waals surface area contributed by atoms with Crippen molar-refractivity contribution < 1.29 is 14.7 Å².